The van der Waals surface area contributed by atoms with E-state index in [1.54, 1.807) is 5.38 Å². The molecule has 3 rings (SSSR count). The molecule has 5 nitrogen and oxygen atoms in total. The van der Waals surface area contributed by atoms with Crippen molar-refractivity contribution in [2.45, 2.75) is 31.5 Å². The molecule has 2 aromatic rings. The zero-order valence-electron chi connectivity index (χ0n) is 13.5. The fraction of sp³-hybridized carbons (Fsp3) is 0.353. The van der Waals surface area contributed by atoms with Gasteiger partial charge in [0.1, 0.15) is 11.0 Å². The maximum absolute atomic E-state index is 12.8. The third-order valence-electron chi connectivity index (χ3n) is 4.18. The molecule has 1 unspecified atom stereocenters. The molecule has 0 spiro atoms. The van der Waals surface area contributed by atoms with Gasteiger partial charge >= 0.3 is 12.1 Å². The molecule has 26 heavy (non-hydrogen) atoms. The number of hydrogen-bond acceptors (Lipinski definition) is 4. The third-order valence-corrected chi connectivity index (χ3v) is 5.12. The van der Waals surface area contributed by atoms with Crippen LogP contribution in [0.3, 0.4) is 0 Å². The highest BCUT2D eigenvalue weighted by atomic mass is 32.1. The molecule has 9 heteroatoms. The van der Waals surface area contributed by atoms with Gasteiger partial charge in [-0.25, -0.2) is 9.78 Å². The maximum Gasteiger partial charge on any atom is 0.416 e. The number of rotatable bonds is 4. The Morgan fingerprint density at radius 1 is 1.35 bits per heavy atom. The minimum atomic E-state index is -4.44. The molecule has 1 aliphatic heterocycles. The van der Waals surface area contributed by atoms with Gasteiger partial charge in [0, 0.05) is 17.5 Å². The predicted molar refractivity (Wildman–Crippen MR) is 88.6 cm³/mol. The van der Waals surface area contributed by atoms with E-state index in [1.807, 2.05) is 0 Å². The first-order valence-corrected chi connectivity index (χ1v) is 8.78. The lowest BCUT2D eigenvalue weighted by atomic mass is 10.1. The minimum absolute atomic E-state index is 0.0702. The summed E-state index contributed by atoms with van der Waals surface area (Å²) in [4.78, 5) is 29.1. The van der Waals surface area contributed by atoms with Crippen LogP contribution in [0.2, 0.25) is 0 Å². The second-order valence-corrected chi connectivity index (χ2v) is 6.84. The average Bonchev–Trinajstić information content (AvgIpc) is 3.23. The van der Waals surface area contributed by atoms with E-state index in [-0.39, 0.29) is 12.3 Å². The summed E-state index contributed by atoms with van der Waals surface area (Å²) in [6, 6.07) is 4.03. The number of nitrogens with zero attached hydrogens (tertiary/aromatic N) is 2. The number of thiazole rings is 1. The molecule has 1 aromatic heterocycles. The minimum Gasteiger partial charge on any atom is -0.480 e. The molecule has 0 radical (unpaired) electrons. The van der Waals surface area contributed by atoms with E-state index in [1.165, 1.54) is 17.0 Å². The zero-order valence-corrected chi connectivity index (χ0v) is 14.3. The first kappa shape index (κ1) is 18.4. The molecule has 1 N–H and O–H groups in total. The molecule has 1 saturated heterocycles. The van der Waals surface area contributed by atoms with Gasteiger partial charge in [0.05, 0.1) is 17.7 Å². The average molecular weight is 384 g/mol. The van der Waals surface area contributed by atoms with Crippen LogP contribution >= 0.6 is 11.3 Å². The molecule has 1 aromatic carbocycles. The molecule has 1 fully saturated rings. The summed E-state index contributed by atoms with van der Waals surface area (Å²) in [7, 11) is 0. The molecule has 0 saturated carbocycles. The lowest BCUT2D eigenvalue weighted by Gasteiger charge is -2.20. The van der Waals surface area contributed by atoms with Crippen LogP contribution in [0.5, 0.6) is 0 Å². The van der Waals surface area contributed by atoms with Gasteiger partial charge in [-0.2, -0.15) is 13.2 Å². The quantitative estimate of drug-likeness (QED) is 0.877. The lowest BCUT2D eigenvalue weighted by molar-refractivity contribution is -0.148. The van der Waals surface area contributed by atoms with Gasteiger partial charge in [0.2, 0.25) is 5.91 Å². The van der Waals surface area contributed by atoms with Crippen molar-refractivity contribution in [3.8, 4) is 10.6 Å². The predicted octanol–water partition coefficient (Wildman–Crippen LogP) is 3.45. The maximum atomic E-state index is 12.8. The number of carboxylic acids is 1. The van der Waals surface area contributed by atoms with Crippen LogP contribution in [0.25, 0.3) is 10.6 Å². The Kier molecular flexibility index (Phi) is 4.99. The van der Waals surface area contributed by atoms with Crippen LogP contribution in [0, 0.1) is 0 Å². The van der Waals surface area contributed by atoms with Gasteiger partial charge < -0.3 is 10.0 Å². The van der Waals surface area contributed by atoms with E-state index in [9.17, 15) is 22.8 Å². The van der Waals surface area contributed by atoms with Crippen LogP contribution in [0.1, 0.15) is 24.1 Å². The number of aliphatic carboxylic acids is 1. The number of hydrogen-bond donors (Lipinski definition) is 1. The van der Waals surface area contributed by atoms with Crippen molar-refractivity contribution >= 4 is 23.2 Å². The molecule has 0 aliphatic carbocycles. The zero-order chi connectivity index (χ0) is 18.9. The Labute approximate surface area is 151 Å². The summed E-state index contributed by atoms with van der Waals surface area (Å²) in [6.07, 6.45) is -3.45. The summed E-state index contributed by atoms with van der Waals surface area (Å²) in [5.74, 6) is -1.37. The molecule has 1 atom stereocenters. The Balaban J connectivity index is 1.74. The number of aromatic nitrogens is 1. The van der Waals surface area contributed by atoms with Crippen molar-refractivity contribution in [3.05, 3.63) is 40.9 Å². The fourth-order valence-electron chi connectivity index (χ4n) is 2.93. The monoisotopic (exact) mass is 384 g/mol. The summed E-state index contributed by atoms with van der Waals surface area (Å²) >= 11 is 1.15. The van der Waals surface area contributed by atoms with E-state index in [4.69, 9.17) is 5.11 Å². The normalized spacial score (nSPS) is 17.5. The Morgan fingerprint density at radius 2 is 2.12 bits per heavy atom. The highest BCUT2D eigenvalue weighted by Gasteiger charge is 2.34. The second-order valence-electron chi connectivity index (χ2n) is 5.98. The van der Waals surface area contributed by atoms with Gasteiger partial charge in [0.25, 0.3) is 0 Å². The number of benzene rings is 1. The van der Waals surface area contributed by atoms with E-state index < -0.39 is 23.8 Å². The summed E-state index contributed by atoms with van der Waals surface area (Å²) < 4.78 is 38.5. The molecule has 0 bridgehead atoms. The van der Waals surface area contributed by atoms with Gasteiger partial charge in [-0.05, 0) is 25.0 Å². The van der Waals surface area contributed by atoms with Gasteiger partial charge in [-0.3, -0.25) is 4.79 Å². The smallest absolute Gasteiger partial charge is 0.416 e. The van der Waals surface area contributed by atoms with Crippen molar-refractivity contribution in [3.63, 3.8) is 0 Å². The summed E-state index contributed by atoms with van der Waals surface area (Å²) in [6.45, 7) is 0.389. The second kappa shape index (κ2) is 7.06. The number of carbonyl (C=O) groups excluding carboxylic acids is 1. The molecular formula is C17H15F3N2O3S. The van der Waals surface area contributed by atoms with E-state index in [0.717, 1.165) is 23.5 Å². The van der Waals surface area contributed by atoms with Crippen LogP contribution in [0.4, 0.5) is 13.2 Å². The summed E-state index contributed by atoms with van der Waals surface area (Å²) in [5, 5.41) is 11.1. The molecule has 1 amide bonds. The number of carboxylic acid groups (broad SMARTS) is 1. The van der Waals surface area contributed by atoms with Crippen LogP contribution in [-0.4, -0.2) is 39.5 Å². The van der Waals surface area contributed by atoms with Crippen molar-refractivity contribution in [1.29, 1.82) is 0 Å². The van der Waals surface area contributed by atoms with Gasteiger partial charge in [0.15, 0.2) is 0 Å². The highest BCUT2D eigenvalue weighted by molar-refractivity contribution is 7.13. The standard InChI is InChI=1S/C17H15F3N2O3S/c18-17(19,20)11-4-1-3-10(7-11)15-21-12(9-26-15)8-14(23)22-6-2-5-13(22)16(24)25/h1,3-4,7,9,13H,2,5-6,8H2,(H,24,25). The third kappa shape index (κ3) is 3.87. The molecular weight excluding hydrogens is 369 g/mol. The Hall–Kier alpha value is -2.42. The van der Waals surface area contributed by atoms with Crippen molar-refractivity contribution in [2.75, 3.05) is 6.54 Å². The first-order valence-electron chi connectivity index (χ1n) is 7.90. The van der Waals surface area contributed by atoms with E-state index in [2.05, 4.69) is 4.98 Å². The molecule has 2 heterocycles. The molecule has 1 aliphatic rings. The van der Waals surface area contributed by atoms with Crippen molar-refractivity contribution < 1.29 is 27.9 Å². The van der Waals surface area contributed by atoms with Crippen LogP contribution in [-0.2, 0) is 22.2 Å². The van der Waals surface area contributed by atoms with Crippen molar-refractivity contribution in [1.82, 2.24) is 9.88 Å². The number of likely N-dealkylation sites (tertiary alicyclic amines) is 1. The van der Waals surface area contributed by atoms with E-state index in [0.29, 0.717) is 35.7 Å². The highest BCUT2D eigenvalue weighted by Crippen LogP contribution is 2.33. The number of amides is 1. The first-order chi connectivity index (χ1) is 12.3. The Bertz CT molecular complexity index is 835. The lowest BCUT2D eigenvalue weighted by Crippen LogP contribution is -2.41. The van der Waals surface area contributed by atoms with Crippen molar-refractivity contribution in [2.24, 2.45) is 0 Å². The largest absolute Gasteiger partial charge is 0.480 e. The Morgan fingerprint density at radius 3 is 2.81 bits per heavy atom. The SMILES string of the molecule is O=C(O)C1CCCN1C(=O)Cc1csc(-c2cccc(C(F)(F)F)c2)n1. The topological polar surface area (TPSA) is 70.5 Å². The molecule has 138 valence electrons. The van der Waals surface area contributed by atoms with Gasteiger partial charge in [-0.15, -0.1) is 11.3 Å². The van der Waals surface area contributed by atoms with E-state index >= 15 is 0 Å². The van der Waals surface area contributed by atoms with Gasteiger partial charge in [-0.1, -0.05) is 12.1 Å². The number of carbonyl (C=O) groups is 2. The van der Waals surface area contributed by atoms with Crippen LogP contribution in [0.15, 0.2) is 29.6 Å². The number of halogens is 3. The number of alkyl halides is 3. The summed E-state index contributed by atoms with van der Waals surface area (Å²) in [5.41, 5.74) is -0.0132. The fourth-order valence-corrected chi connectivity index (χ4v) is 3.74. The van der Waals surface area contributed by atoms with Crippen LogP contribution < -0.4 is 0 Å².